The second-order valence-electron chi connectivity index (χ2n) is 5.39. The molecule has 4 heteroatoms. The Balaban J connectivity index is 1.67. The zero-order valence-corrected chi connectivity index (χ0v) is 13.4. The SMILES string of the molecule is C=Cc1ccc(CCOc2cc(-c3ccccc3)nnc2N)cc1. The Morgan fingerprint density at radius 3 is 2.46 bits per heavy atom. The van der Waals surface area contributed by atoms with Crippen LogP contribution in [0.2, 0.25) is 0 Å². The average molecular weight is 317 g/mol. The fourth-order valence-electron chi connectivity index (χ4n) is 2.35. The number of nitrogens with two attached hydrogens (primary N) is 1. The van der Waals surface area contributed by atoms with E-state index in [0.717, 1.165) is 23.2 Å². The molecule has 24 heavy (non-hydrogen) atoms. The topological polar surface area (TPSA) is 61.0 Å². The Bertz CT molecular complexity index is 814. The minimum Gasteiger partial charge on any atom is -0.489 e. The van der Waals surface area contributed by atoms with Crippen molar-refractivity contribution in [3.8, 4) is 17.0 Å². The van der Waals surface area contributed by atoms with Crippen LogP contribution in [0, 0.1) is 0 Å². The summed E-state index contributed by atoms with van der Waals surface area (Å²) in [5, 5.41) is 8.13. The van der Waals surface area contributed by atoms with Crippen molar-refractivity contribution < 1.29 is 4.74 Å². The van der Waals surface area contributed by atoms with Gasteiger partial charge in [-0.15, -0.1) is 10.2 Å². The summed E-state index contributed by atoms with van der Waals surface area (Å²) in [6.07, 6.45) is 2.62. The Kier molecular flexibility index (Phi) is 4.87. The smallest absolute Gasteiger partial charge is 0.188 e. The molecular weight excluding hydrogens is 298 g/mol. The highest BCUT2D eigenvalue weighted by molar-refractivity contribution is 5.62. The van der Waals surface area contributed by atoms with E-state index in [-0.39, 0.29) is 0 Å². The molecule has 1 heterocycles. The van der Waals surface area contributed by atoms with Gasteiger partial charge in [0.25, 0.3) is 0 Å². The summed E-state index contributed by atoms with van der Waals surface area (Å²) in [4.78, 5) is 0. The molecule has 0 fully saturated rings. The number of hydrogen-bond donors (Lipinski definition) is 1. The van der Waals surface area contributed by atoms with Gasteiger partial charge in [0.05, 0.1) is 12.3 Å². The first-order valence-electron chi connectivity index (χ1n) is 7.79. The first-order chi connectivity index (χ1) is 11.8. The van der Waals surface area contributed by atoms with Crippen molar-refractivity contribution >= 4 is 11.9 Å². The van der Waals surface area contributed by atoms with E-state index < -0.39 is 0 Å². The van der Waals surface area contributed by atoms with E-state index >= 15 is 0 Å². The molecule has 0 amide bonds. The van der Waals surface area contributed by atoms with Crippen LogP contribution in [0.1, 0.15) is 11.1 Å². The Hall–Kier alpha value is -3.14. The van der Waals surface area contributed by atoms with Gasteiger partial charge in [0.15, 0.2) is 11.6 Å². The van der Waals surface area contributed by atoms with E-state index in [1.807, 2.05) is 54.6 Å². The monoisotopic (exact) mass is 317 g/mol. The predicted molar refractivity (Wildman–Crippen MR) is 97.6 cm³/mol. The highest BCUT2D eigenvalue weighted by atomic mass is 16.5. The van der Waals surface area contributed by atoms with Crippen molar-refractivity contribution in [3.05, 3.63) is 78.4 Å². The minimum absolute atomic E-state index is 0.302. The highest BCUT2D eigenvalue weighted by Crippen LogP contribution is 2.24. The van der Waals surface area contributed by atoms with Crippen molar-refractivity contribution in [2.24, 2.45) is 0 Å². The lowest BCUT2D eigenvalue weighted by molar-refractivity contribution is 0.322. The zero-order valence-electron chi connectivity index (χ0n) is 13.4. The van der Waals surface area contributed by atoms with Crippen LogP contribution in [0.25, 0.3) is 17.3 Å². The Morgan fingerprint density at radius 2 is 1.75 bits per heavy atom. The quantitative estimate of drug-likeness (QED) is 0.746. The number of anilines is 1. The van der Waals surface area contributed by atoms with Gasteiger partial charge in [-0.05, 0) is 11.1 Å². The lowest BCUT2D eigenvalue weighted by Crippen LogP contribution is -2.06. The first kappa shape index (κ1) is 15.7. The number of hydrogen-bond acceptors (Lipinski definition) is 4. The zero-order chi connectivity index (χ0) is 16.8. The third-order valence-electron chi connectivity index (χ3n) is 3.72. The van der Waals surface area contributed by atoms with E-state index in [1.165, 1.54) is 5.56 Å². The number of benzene rings is 2. The average Bonchev–Trinajstić information content (AvgIpc) is 2.64. The summed E-state index contributed by atoms with van der Waals surface area (Å²) < 4.78 is 5.81. The maximum Gasteiger partial charge on any atom is 0.188 e. The van der Waals surface area contributed by atoms with E-state index in [2.05, 4.69) is 28.9 Å². The number of rotatable bonds is 6. The maximum atomic E-state index is 5.88. The van der Waals surface area contributed by atoms with Gasteiger partial charge in [-0.2, -0.15) is 0 Å². The van der Waals surface area contributed by atoms with Crippen LogP contribution in [0.3, 0.4) is 0 Å². The molecule has 2 aromatic carbocycles. The molecule has 3 rings (SSSR count). The standard InChI is InChI=1S/C20H19N3O/c1-2-15-8-10-16(11-9-15)12-13-24-19-14-18(22-23-20(19)21)17-6-4-3-5-7-17/h2-11,14H,1,12-13H2,(H2,21,23). The van der Waals surface area contributed by atoms with Gasteiger partial charge in [0.1, 0.15) is 0 Å². The molecule has 0 saturated heterocycles. The summed E-state index contributed by atoms with van der Waals surface area (Å²) in [7, 11) is 0. The van der Waals surface area contributed by atoms with Crippen molar-refractivity contribution in [3.63, 3.8) is 0 Å². The van der Waals surface area contributed by atoms with Gasteiger partial charge in [0, 0.05) is 18.1 Å². The highest BCUT2D eigenvalue weighted by Gasteiger charge is 2.07. The number of ether oxygens (including phenoxy) is 1. The summed E-state index contributed by atoms with van der Waals surface area (Å²) in [6.45, 7) is 4.28. The summed E-state index contributed by atoms with van der Waals surface area (Å²) >= 11 is 0. The molecule has 1 aromatic heterocycles. The summed E-state index contributed by atoms with van der Waals surface area (Å²) in [6, 6.07) is 19.9. The van der Waals surface area contributed by atoms with Crippen LogP contribution in [0.5, 0.6) is 5.75 Å². The number of nitrogen functional groups attached to an aromatic ring is 1. The van der Waals surface area contributed by atoms with Gasteiger partial charge in [-0.1, -0.05) is 67.3 Å². The van der Waals surface area contributed by atoms with Gasteiger partial charge in [-0.25, -0.2) is 0 Å². The summed E-state index contributed by atoms with van der Waals surface area (Å²) in [5.74, 6) is 0.864. The molecular formula is C20H19N3O. The normalized spacial score (nSPS) is 10.3. The lowest BCUT2D eigenvalue weighted by atomic mass is 10.1. The van der Waals surface area contributed by atoms with E-state index in [1.54, 1.807) is 0 Å². The van der Waals surface area contributed by atoms with Gasteiger partial charge < -0.3 is 10.5 Å². The third-order valence-corrected chi connectivity index (χ3v) is 3.72. The second kappa shape index (κ2) is 7.42. The number of aromatic nitrogens is 2. The van der Waals surface area contributed by atoms with Gasteiger partial charge >= 0.3 is 0 Å². The van der Waals surface area contributed by atoms with Crippen molar-refractivity contribution in [1.29, 1.82) is 0 Å². The first-order valence-corrected chi connectivity index (χ1v) is 7.79. The van der Waals surface area contributed by atoms with E-state index in [4.69, 9.17) is 10.5 Å². The van der Waals surface area contributed by atoms with Crippen LogP contribution >= 0.6 is 0 Å². The van der Waals surface area contributed by atoms with Crippen LogP contribution in [-0.2, 0) is 6.42 Å². The fourth-order valence-corrected chi connectivity index (χ4v) is 2.35. The largest absolute Gasteiger partial charge is 0.489 e. The van der Waals surface area contributed by atoms with Crippen molar-refractivity contribution in [1.82, 2.24) is 10.2 Å². The van der Waals surface area contributed by atoms with Gasteiger partial charge in [0.2, 0.25) is 0 Å². The molecule has 4 nitrogen and oxygen atoms in total. The number of nitrogens with zero attached hydrogens (tertiary/aromatic N) is 2. The third kappa shape index (κ3) is 3.79. The van der Waals surface area contributed by atoms with Crippen LogP contribution in [0.4, 0.5) is 5.82 Å². The maximum absolute atomic E-state index is 5.88. The fraction of sp³-hybridized carbons (Fsp3) is 0.100. The van der Waals surface area contributed by atoms with Gasteiger partial charge in [-0.3, -0.25) is 0 Å². The Morgan fingerprint density at radius 1 is 1.00 bits per heavy atom. The van der Waals surface area contributed by atoms with Crippen LogP contribution in [0.15, 0.2) is 67.2 Å². The lowest BCUT2D eigenvalue weighted by Gasteiger charge is -2.09. The molecule has 0 aliphatic heterocycles. The van der Waals surface area contributed by atoms with E-state index in [0.29, 0.717) is 18.2 Å². The molecule has 3 aromatic rings. The molecule has 0 bridgehead atoms. The summed E-state index contributed by atoms with van der Waals surface area (Å²) in [5.41, 5.74) is 9.91. The second-order valence-corrected chi connectivity index (χ2v) is 5.39. The molecule has 0 aliphatic carbocycles. The van der Waals surface area contributed by atoms with E-state index in [9.17, 15) is 0 Å². The molecule has 120 valence electrons. The molecule has 0 radical (unpaired) electrons. The van der Waals surface area contributed by atoms with Crippen molar-refractivity contribution in [2.45, 2.75) is 6.42 Å². The van der Waals surface area contributed by atoms with Crippen LogP contribution < -0.4 is 10.5 Å². The minimum atomic E-state index is 0.302. The molecule has 0 unspecified atom stereocenters. The molecule has 2 N–H and O–H groups in total. The van der Waals surface area contributed by atoms with Crippen LogP contribution in [-0.4, -0.2) is 16.8 Å². The predicted octanol–water partition coefficient (Wildman–Crippen LogP) is 3.99. The van der Waals surface area contributed by atoms with Crippen molar-refractivity contribution in [2.75, 3.05) is 12.3 Å². The molecule has 0 aliphatic rings. The molecule has 0 spiro atoms. The molecule has 0 saturated carbocycles. The molecule has 0 atom stereocenters. The Labute approximate surface area is 141 Å².